The van der Waals surface area contributed by atoms with Crippen molar-refractivity contribution >= 4 is 23.4 Å². The molecule has 3 rings (SSSR count). The van der Waals surface area contributed by atoms with Crippen LogP contribution in [-0.4, -0.2) is 41.8 Å². The van der Waals surface area contributed by atoms with Gasteiger partial charge >= 0.3 is 0 Å². The fourth-order valence-electron chi connectivity index (χ4n) is 3.77. The number of hydrogen-bond donors (Lipinski definition) is 2. The summed E-state index contributed by atoms with van der Waals surface area (Å²) >= 11 is 0. The number of rotatable bonds is 7. The van der Waals surface area contributed by atoms with Crippen LogP contribution in [0.25, 0.3) is 0 Å². The lowest BCUT2D eigenvalue weighted by atomic mass is 10.1. The summed E-state index contributed by atoms with van der Waals surface area (Å²) in [6, 6.07) is 13.8. The summed E-state index contributed by atoms with van der Waals surface area (Å²) in [4.78, 5) is 39.7. The number of nitrogens with one attached hydrogen (secondary N) is 2. The van der Waals surface area contributed by atoms with Crippen molar-refractivity contribution in [2.24, 2.45) is 5.92 Å². The van der Waals surface area contributed by atoms with E-state index in [0.717, 1.165) is 18.4 Å². The summed E-state index contributed by atoms with van der Waals surface area (Å²) in [5, 5.41) is 5.83. The summed E-state index contributed by atoms with van der Waals surface area (Å²) < 4.78 is 0. The molecule has 2 aromatic rings. The van der Waals surface area contributed by atoms with Crippen molar-refractivity contribution in [2.75, 3.05) is 18.4 Å². The van der Waals surface area contributed by atoms with Crippen molar-refractivity contribution < 1.29 is 14.4 Å². The van der Waals surface area contributed by atoms with Crippen molar-refractivity contribution in [1.29, 1.82) is 0 Å². The van der Waals surface area contributed by atoms with Crippen LogP contribution in [0.5, 0.6) is 0 Å². The number of hydrogen-bond acceptors (Lipinski definition) is 3. The van der Waals surface area contributed by atoms with Crippen molar-refractivity contribution in [3.8, 4) is 0 Å². The van der Waals surface area contributed by atoms with E-state index in [2.05, 4.69) is 24.5 Å². The third-order valence-electron chi connectivity index (χ3n) is 5.62. The molecular weight excluding hydrogens is 390 g/mol. The summed E-state index contributed by atoms with van der Waals surface area (Å²) in [6.45, 7) is 7.33. The van der Waals surface area contributed by atoms with Gasteiger partial charge in [0, 0.05) is 29.9 Å². The number of anilines is 1. The topological polar surface area (TPSA) is 78.5 Å². The second-order valence-corrected chi connectivity index (χ2v) is 8.48. The minimum atomic E-state index is -0.417. The molecule has 2 N–H and O–H groups in total. The zero-order valence-corrected chi connectivity index (χ0v) is 18.5. The molecule has 0 saturated carbocycles. The van der Waals surface area contributed by atoms with E-state index in [1.807, 2.05) is 25.1 Å². The van der Waals surface area contributed by atoms with Gasteiger partial charge in [0.25, 0.3) is 11.8 Å². The molecule has 0 aromatic heterocycles. The highest BCUT2D eigenvalue weighted by Gasteiger charge is 2.34. The highest BCUT2D eigenvalue weighted by molar-refractivity contribution is 6.05. The third-order valence-corrected chi connectivity index (χ3v) is 5.62. The van der Waals surface area contributed by atoms with Gasteiger partial charge in [-0.25, -0.2) is 0 Å². The fraction of sp³-hybridized carbons (Fsp3) is 0.400. The Morgan fingerprint density at radius 2 is 1.77 bits per heavy atom. The van der Waals surface area contributed by atoms with Crippen LogP contribution in [0.1, 0.15) is 59.4 Å². The van der Waals surface area contributed by atoms with Gasteiger partial charge in [0.05, 0.1) is 0 Å². The lowest BCUT2D eigenvalue weighted by Gasteiger charge is -2.24. The minimum absolute atomic E-state index is 0.0754. The SMILES string of the molecule is Cc1ccccc1C(=O)Nc1ccc(C(=O)N2CCC[C@@H]2C(=O)NCCC(C)C)cc1. The summed E-state index contributed by atoms with van der Waals surface area (Å²) in [7, 11) is 0. The maximum absolute atomic E-state index is 13.0. The van der Waals surface area contributed by atoms with Gasteiger partial charge in [-0.05, 0) is 68.0 Å². The highest BCUT2D eigenvalue weighted by Crippen LogP contribution is 2.22. The molecule has 6 nitrogen and oxygen atoms in total. The van der Waals surface area contributed by atoms with Crippen LogP contribution in [0.15, 0.2) is 48.5 Å². The maximum Gasteiger partial charge on any atom is 0.255 e. The van der Waals surface area contributed by atoms with Crippen LogP contribution in [-0.2, 0) is 4.79 Å². The average molecular weight is 422 g/mol. The summed E-state index contributed by atoms with van der Waals surface area (Å²) in [5.41, 5.74) is 2.65. The van der Waals surface area contributed by atoms with Crippen LogP contribution in [0.2, 0.25) is 0 Å². The molecule has 31 heavy (non-hydrogen) atoms. The molecule has 0 spiro atoms. The van der Waals surface area contributed by atoms with Crippen molar-refractivity contribution in [3.63, 3.8) is 0 Å². The molecule has 1 heterocycles. The van der Waals surface area contributed by atoms with E-state index in [4.69, 9.17) is 0 Å². The number of amides is 3. The molecular formula is C25H31N3O3. The Hall–Kier alpha value is -3.15. The summed E-state index contributed by atoms with van der Waals surface area (Å²) in [5.74, 6) is 0.105. The zero-order chi connectivity index (χ0) is 22.4. The molecule has 0 bridgehead atoms. The first-order valence-electron chi connectivity index (χ1n) is 10.9. The second kappa shape index (κ2) is 10.2. The van der Waals surface area contributed by atoms with Gasteiger partial charge < -0.3 is 15.5 Å². The predicted molar refractivity (Wildman–Crippen MR) is 122 cm³/mol. The molecule has 164 valence electrons. The van der Waals surface area contributed by atoms with Crippen LogP contribution < -0.4 is 10.6 Å². The Balaban J connectivity index is 1.62. The molecule has 1 fully saturated rings. The van der Waals surface area contributed by atoms with Crippen LogP contribution >= 0.6 is 0 Å². The fourth-order valence-corrected chi connectivity index (χ4v) is 3.77. The Kier molecular flexibility index (Phi) is 7.45. The van der Waals surface area contributed by atoms with Crippen LogP contribution in [0.3, 0.4) is 0 Å². The molecule has 2 aromatic carbocycles. The van der Waals surface area contributed by atoms with Crippen molar-refractivity contribution in [3.05, 3.63) is 65.2 Å². The monoisotopic (exact) mass is 421 g/mol. The van der Waals surface area contributed by atoms with Gasteiger partial charge in [-0.15, -0.1) is 0 Å². The van der Waals surface area contributed by atoms with Gasteiger partial charge in [-0.3, -0.25) is 14.4 Å². The standard InChI is InChI=1S/C25H31N3O3/c1-17(2)14-15-26-24(30)22-9-6-16-28(22)25(31)19-10-12-20(13-11-19)27-23(29)21-8-5-4-7-18(21)3/h4-5,7-8,10-13,17,22H,6,9,14-16H2,1-3H3,(H,26,30)(H,27,29)/t22-/m1/s1. The predicted octanol–water partition coefficient (Wildman–Crippen LogP) is 4.01. The average Bonchev–Trinajstić information content (AvgIpc) is 3.24. The quantitative estimate of drug-likeness (QED) is 0.709. The van der Waals surface area contributed by atoms with Crippen molar-refractivity contribution in [2.45, 2.75) is 46.1 Å². The number of benzene rings is 2. The second-order valence-electron chi connectivity index (χ2n) is 8.48. The molecule has 0 aliphatic carbocycles. The Bertz CT molecular complexity index is 937. The largest absolute Gasteiger partial charge is 0.354 e. The van der Waals surface area contributed by atoms with Gasteiger partial charge in [0.15, 0.2) is 0 Å². The van der Waals surface area contributed by atoms with E-state index in [1.165, 1.54) is 0 Å². The van der Waals surface area contributed by atoms with E-state index in [1.54, 1.807) is 35.2 Å². The van der Waals surface area contributed by atoms with E-state index < -0.39 is 6.04 Å². The Morgan fingerprint density at radius 3 is 2.45 bits per heavy atom. The molecule has 0 unspecified atom stereocenters. The minimum Gasteiger partial charge on any atom is -0.354 e. The summed E-state index contributed by atoms with van der Waals surface area (Å²) in [6.07, 6.45) is 2.42. The van der Waals surface area contributed by atoms with Gasteiger partial charge in [-0.1, -0.05) is 32.0 Å². The number of carbonyl (C=O) groups is 3. The molecule has 6 heteroatoms. The lowest BCUT2D eigenvalue weighted by Crippen LogP contribution is -2.46. The zero-order valence-electron chi connectivity index (χ0n) is 18.5. The molecule has 0 radical (unpaired) electrons. The number of carbonyl (C=O) groups excluding carboxylic acids is 3. The number of likely N-dealkylation sites (tertiary alicyclic amines) is 1. The number of nitrogens with zero attached hydrogens (tertiary/aromatic N) is 1. The first-order valence-corrected chi connectivity index (χ1v) is 10.9. The third kappa shape index (κ3) is 5.72. The smallest absolute Gasteiger partial charge is 0.255 e. The Morgan fingerprint density at radius 1 is 1.06 bits per heavy atom. The molecule has 3 amide bonds. The van der Waals surface area contributed by atoms with Gasteiger partial charge in [0.1, 0.15) is 6.04 Å². The molecule has 1 aliphatic heterocycles. The van der Waals surface area contributed by atoms with E-state index in [-0.39, 0.29) is 17.7 Å². The van der Waals surface area contributed by atoms with E-state index in [0.29, 0.717) is 42.2 Å². The van der Waals surface area contributed by atoms with Crippen LogP contribution in [0, 0.1) is 12.8 Å². The highest BCUT2D eigenvalue weighted by atomic mass is 16.2. The van der Waals surface area contributed by atoms with Crippen LogP contribution in [0.4, 0.5) is 5.69 Å². The Labute approximate surface area is 184 Å². The normalized spacial score (nSPS) is 15.7. The van der Waals surface area contributed by atoms with Gasteiger partial charge in [-0.2, -0.15) is 0 Å². The lowest BCUT2D eigenvalue weighted by molar-refractivity contribution is -0.124. The van der Waals surface area contributed by atoms with E-state index in [9.17, 15) is 14.4 Å². The first kappa shape index (κ1) is 22.5. The van der Waals surface area contributed by atoms with Crippen molar-refractivity contribution in [1.82, 2.24) is 10.2 Å². The molecule has 1 aliphatic rings. The number of aryl methyl sites for hydroxylation is 1. The maximum atomic E-state index is 13.0. The van der Waals surface area contributed by atoms with E-state index >= 15 is 0 Å². The molecule has 1 saturated heterocycles. The first-order chi connectivity index (χ1) is 14.9. The molecule has 1 atom stereocenters. The van der Waals surface area contributed by atoms with Gasteiger partial charge in [0.2, 0.25) is 5.91 Å².